The summed E-state index contributed by atoms with van der Waals surface area (Å²) in [5.74, 6) is 0.0344. The topological polar surface area (TPSA) is 65.5 Å². The summed E-state index contributed by atoms with van der Waals surface area (Å²) in [6.45, 7) is 5.83. The minimum atomic E-state index is -0.00587. The fourth-order valence-corrected chi connectivity index (χ4v) is 2.86. The summed E-state index contributed by atoms with van der Waals surface area (Å²) in [5, 5.41) is 2.80. The second-order valence-electron chi connectivity index (χ2n) is 5.27. The Morgan fingerprint density at radius 2 is 2.09 bits per heavy atom. The average Bonchev–Trinajstić information content (AvgIpc) is 2.72. The summed E-state index contributed by atoms with van der Waals surface area (Å²) in [5.41, 5.74) is 0.589. The highest BCUT2D eigenvalue weighted by Crippen LogP contribution is 2.13. The molecule has 1 fully saturated rings. The van der Waals surface area contributed by atoms with Crippen molar-refractivity contribution in [1.82, 2.24) is 20.1 Å². The molecule has 2 heterocycles. The maximum atomic E-state index is 12.5. The molecule has 7 heteroatoms. The number of hydrogen-bond acceptors (Lipinski definition) is 4. The summed E-state index contributed by atoms with van der Waals surface area (Å²) in [6, 6.07) is 1.78. The molecule has 1 aliphatic rings. The third kappa shape index (κ3) is 4.78. The molecular weight excluding hydrogens is 348 g/mol. The summed E-state index contributed by atoms with van der Waals surface area (Å²) >= 11 is 3.34. The van der Waals surface area contributed by atoms with Crippen LogP contribution in [0.5, 0.6) is 0 Å². The Balaban J connectivity index is 1.92. The van der Waals surface area contributed by atoms with Crippen LogP contribution >= 0.6 is 15.9 Å². The number of rotatable bonds is 4. The molecule has 0 radical (unpaired) electrons. The monoisotopic (exact) mass is 368 g/mol. The molecule has 1 aromatic heterocycles. The molecule has 1 N–H and O–H groups in total. The highest BCUT2D eigenvalue weighted by molar-refractivity contribution is 9.10. The molecule has 0 aromatic carbocycles. The number of halogens is 1. The van der Waals surface area contributed by atoms with Gasteiger partial charge in [-0.15, -0.1) is 0 Å². The predicted molar refractivity (Wildman–Crippen MR) is 87.6 cm³/mol. The van der Waals surface area contributed by atoms with E-state index in [-0.39, 0.29) is 11.8 Å². The van der Waals surface area contributed by atoms with E-state index in [9.17, 15) is 9.59 Å². The van der Waals surface area contributed by atoms with E-state index in [1.54, 1.807) is 18.5 Å². The van der Waals surface area contributed by atoms with E-state index in [1.165, 1.54) is 0 Å². The van der Waals surface area contributed by atoms with Gasteiger partial charge in [-0.05, 0) is 35.3 Å². The minimum Gasteiger partial charge on any atom is -0.355 e. The lowest BCUT2D eigenvalue weighted by Crippen LogP contribution is -2.40. The van der Waals surface area contributed by atoms with E-state index < -0.39 is 0 Å². The Hall–Kier alpha value is -1.47. The molecule has 120 valence electrons. The Morgan fingerprint density at radius 3 is 2.82 bits per heavy atom. The number of amides is 2. The molecule has 0 spiro atoms. The van der Waals surface area contributed by atoms with Gasteiger partial charge in [0.25, 0.3) is 5.91 Å². The molecule has 0 saturated carbocycles. The smallest absolute Gasteiger partial charge is 0.255 e. The number of nitrogens with zero attached hydrogens (tertiary/aromatic N) is 3. The molecule has 0 bridgehead atoms. The van der Waals surface area contributed by atoms with Gasteiger partial charge in [0.15, 0.2) is 0 Å². The van der Waals surface area contributed by atoms with Crippen molar-refractivity contribution in [2.75, 3.05) is 39.3 Å². The fourth-order valence-electron chi connectivity index (χ4n) is 2.50. The number of carbonyl (C=O) groups is 2. The van der Waals surface area contributed by atoms with E-state index in [1.807, 2.05) is 11.8 Å². The van der Waals surface area contributed by atoms with Crippen molar-refractivity contribution in [3.63, 3.8) is 0 Å². The zero-order valence-corrected chi connectivity index (χ0v) is 14.3. The summed E-state index contributed by atoms with van der Waals surface area (Å²) in [6.07, 6.45) is 4.12. The zero-order chi connectivity index (χ0) is 15.9. The van der Waals surface area contributed by atoms with Gasteiger partial charge in [0.2, 0.25) is 5.91 Å². The lowest BCUT2D eigenvalue weighted by atomic mass is 10.2. The van der Waals surface area contributed by atoms with Crippen LogP contribution in [0.4, 0.5) is 0 Å². The number of pyridine rings is 1. The molecule has 22 heavy (non-hydrogen) atoms. The SMILES string of the molecule is CCNC(=O)CN1CCCN(C(=O)c2cncc(Br)c2)CC1. The predicted octanol–water partition coefficient (Wildman–Crippen LogP) is 1.13. The molecule has 0 aliphatic carbocycles. The second kappa shape index (κ2) is 8.24. The first kappa shape index (κ1) is 16.9. The lowest BCUT2D eigenvalue weighted by molar-refractivity contribution is -0.122. The number of aromatic nitrogens is 1. The van der Waals surface area contributed by atoms with Crippen molar-refractivity contribution in [3.05, 3.63) is 28.5 Å². The first-order chi connectivity index (χ1) is 10.6. The standard InChI is InChI=1S/C15H21BrN4O2/c1-2-18-14(21)11-19-4-3-5-20(7-6-19)15(22)12-8-13(16)10-17-9-12/h8-10H,2-7,11H2,1H3,(H,18,21). The van der Waals surface area contributed by atoms with E-state index in [0.29, 0.717) is 38.3 Å². The van der Waals surface area contributed by atoms with Gasteiger partial charge < -0.3 is 10.2 Å². The molecule has 1 saturated heterocycles. The van der Waals surface area contributed by atoms with Gasteiger partial charge in [-0.25, -0.2) is 0 Å². The van der Waals surface area contributed by atoms with Gasteiger partial charge in [0.05, 0.1) is 12.1 Å². The lowest BCUT2D eigenvalue weighted by Gasteiger charge is -2.21. The largest absolute Gasteiger partial charge is 0.355 e. The summed E-state index contributed by atoms with van der Waals surface area (Å²) in [7, 11) is 0. The molecule has 1 aliphatic heterocycles. The Bertz CT molecular complexity index is 538. The Labute approximate surface area is 139 Å². The van der Waals surface area contributed by atoms with Crippen LogP contribution < -0.4 is 5.32 Å². The van der Waals surface area contributed by atoms with Gasteiger partial charge in [-0.1, -0.05) is 0 Å². The van der Waals surface area contributed by atoms with E-state index in [2.05, 4.69) is 31.1 Å². The highest BCUT2D eigenvalue weighted by Gasteiger charge is 2.21. The molecule has 0 unspecified atom stereocenters. The quantitative estimate of drug-likeness (QED) is 0.864. The molecule has 0 atom stereocenters. The van der Waals surface area contributed by atoms with Crippen LogP contribution in [0.2, 0.25) is 0 Å². The van der Waals surface area contributed by atoms with Crippen molar-refractivity contribution in [2.45, 2.75) is 13.3 Å². The Morgan fingerprint density at radius 1 is 1.27 bits per heavy atom. The summed E-state index contributed by atoms with van der Waals surface area (Å²) < 4.78 is 0.797. The maximum absolute atomic E-state index is 12.5. The van der Waals surface area contributed by atoms with Gasteiger partial charge in [-0.2, -0.15) is 0 Å². The zero-order valence-electron chi connectivity index (χ0n) is 12.7. The number of likely N-dealkylation sites (N-methyl/N-ethyl adjacent to an activating group) is 1. The average molecular weight is 369 g/mol. The minimum absolute atomic E-state index is 0.00587. The molecular formula is C15H21BrN4O2. The molecule has 2 amide bonds. The first-order valence-electron chi connectivity index (χ1n) is 7.49. The van der Waals surface area contributed by atoms with Crippen molar-refractivity contribution in [2.24, 2.45) is 0 Å². The van der Waals surface area contributed by atoms with Crippen molar-refractivity contribution >= 4 is 27.7 Å². The van der Waals surface area contributed by atoms with Crippen LogP contribution in [0.15, 0.2) is 22.9 Å². The molecule has 2 rings (SSSR count). The Kier molecular flexibility index (Phi) is 6.33. The molecule has 6 nitrogen and oxygen atoms in total. The van der Waals surface area contributed by atoms with Crippen LogP contribution in [0, 0.1) is 0 Å². The van der Waals surface area contributed by atoms with Crippen LogP contribution in [0.25, 0.3) is 0 Å². The number of hydrogen-bond donors (Lipinski definition) is 1. The fraction of sp³-hybridized carbons (Fsp3) is 0.533. The maximum Gasteiger partial charge on any atom is 0.255 e. The van der Waals surface area contributed by atoms with E-state index in [4.69, 9.17) is 0 Å². The van der Waals surface area contributed by atoms with Gasteiger partial charge in [0.1, 0.15) is 0 Å². The van der Waals surface area contributed by atoms with Crippen LogP contribution in [-0.2, 0) is 4.79 Å². The normalized spacial score (nSPS) is 16.2. The van der Waals surface area contributed by atoms with Crippen molar-refractivity contribution < 1.29 is 9.59 Å². The van der Waals surface area contributed by atoms with Crippen molar-refractivity contribution in [1.29, 1.82) is 0 Å². The van der Waals surface area contributed by atoms with E-state index >= 15 is 0 Å². The highest BCUT2D eigenvalue weighted by atomic mass is 79.9. The van der Waals surface area contributed by atoms with Gasteiger partial charge >= 0.3 is 0 Å². The molecule has 1 aromatic rings. The number of carbonyl (C=O) groups excluding carboxylic acids is 2. The first-order valence-corrected chi connectivity index (χ1v) is 8.28. The third-order valence-electron chi connectivity index (χ3n) is 3.57. The van der Waals surface area contributed by atoms with E-state index in [0.717, 1.165) is 17.4 Å². The van der Waals surface area contributed by atoms with Gasteiger partial charge in [0, 0.05) is 49.6 Å². The summed E-state index contributed by atoms with van der Waals surface area (Å²) in [4.78, 5) is 32.1. The van der Waals surface area contributed by atoms with Crippen molar-refractivity contribution in [3.8, 4) is 0 Å². The van der Waals surface area contributed by atoms with Crippen LogP contribution in [0.1, 0.15) is 23.7 Å². The second-order valence-corrected chi connectivity index (χ2v) is 6.18. The van der Waals surface area contributed by atoms with Crippen LogP contribution in [-0.4, -0.2) is 65.9 Å². The van der Waals surface area contributed by atoms with Crippen LogP contribution in [0.3, 0.4) is 0 Å². The third-order valence-corrected chi connectivity index (χ3v) is 4.00. The number of nitrogens with one attached hydrogen (secondary N) is 1. The van der Waals surface area contributed by atoms with Gasteiger partial charge in [-0.3, -0.25) is 19.5 Å².